The summed E-state index contributed by atoms with van der Waals surface area (Å²) in [5.41, 5.74) is 0. The molecule has 58 heavy (non-hydrogen) atoms. The molecular weight excluding hydrogens is 751 g/mol. The highest BCUT2D eigenvalue weighted by Gasteiger charge is 2.22. The van der Waals surface area contributed by atoms with E-state index in [1.165, 1.54) is 103 Å². The molecule has 10 heteroatoms. The van der Waals surface area contributed by atoms with Crippen LogP contribution in [0, 0.1) is 5.92 Å². The fourth-order valence-electron chi connectivity index (χ4n) is 6.28. The Morgan fingerprint density at radius 3 is 1.53 bits per heavy atom. The predicted molar refractivity (Wildman–Crippen MR) is 240 cm³/mol. The average Bonchev–Trinajstić information content (AvgIpc) is 3.20. The van der Waals surface area contributed by atoms with Crippen molar-refractivity contribution in [2.75, 3.05) is 13.2 Å². The number of hydrogen-bond donors (Lipinski definition) is 3. The van der Waals surface area contributed by atoms with Crippen LogP contribution in [0.15, 0.2) is 60.8 Å². The Labute approximate surface area is 354 Å². The van der Waals surface area contributed by atoms with Gasteiger partial charge in [-0.15, -0.1) is 0 Å². The largest absolute Gasteiger partial charge is 0.469 e. The minimum absolute atomic E-state index is 0.174. The molecule has 0 aromatic carbocycles. The number of esters is 2. The van der Waals surface area contributed by atoms with Gasteiger partial charge in [0, 0.05) is 12.8 Å². The Morgan fingerprint density at radius 1 is 0.569 bits per heavy atom. The fraction of sp³-hybridized carbons (Fsp3) is 0.750. The molecule has 0 spiro atoms. The van der Waals surface area contributed by atoms with E-state index in [4.69, 9.17) is 19.3 Å². The first kappa shape index (κ1) is 55.7. The zero-order chi connectivity index (χ0) is 42.8. The molecule has 3 N–H and O–H groups in total. The highest BCUT2D eigenvalue weighted by Crippen LogP contribution is 2.36. The number of carbonyl (C=O) groups excluding carboxylic acids is 2. The van der Waals surface area contributed by atoms with Gasteiger partial charge in [0.2, 0.25) is 0 Å². The standard InChI is InChI=1S/C48H85O9P/c1-4-44(3)38-34-30-26-22-18-14-10-8-6-7-9-11-17-21-25-29-33-37-41-48(51)57-46(43-56-58(52,53)54)42-55-47(50)40-36-32-28-24-20-16-13-12-15-19-23-27-31-35-39-45(49)5-2/h13,15-16,19,24,27-28,31,35,39,44-46,49H,4-12,14,17-18,20-23,25-26,29-30,32-34,36-38,40-43H2,1-3H3,(H2,52,53,54)/b16-13-,19-15-,28-24-,31-27-,39-35+/t44?,45-,46+/m0/s1. The van der Waals surface area contributed by atoms with Crippen molar-refractivity contribution in [3.8, 4) is 0 Å². The lowest BCUT2D eigenvalue weighted by Crippen LogP contribution is -2.29. The topological polar surface area (TPSA) is 140 Å². The van der Waals surface area contributed by atoms with E-state index < -0.39 is 32.5 Å². The minimum atomic E-state index is -4.78. The van der Waals surface area contributed by atoms with E-state index >= 15 is 0 Å². The zero-order valence-electron chi connectivity index (χ0n) is 37.0. The highest BCUT2D eigenvalue weighted by atomic mass is 31.2. The third-order valence-corrected chi connectivity index (χ3v) is 10.7. The molecule has 0 saturated carbocycles. The van der Waals surface area contributed by atoms with Crippen molar-refractivity contribution in [2.24, 2.45) is 5.92 Å². The zero-order valence-corrected chi connectivity index (χ0v) is 37.9. The molecule has 9 nitrogen and oxygen atoms in total. The van der Waals surface area contributed by atoms with Gasteiger partial charge < -0.3 is 24.4 Å². The normalized spacial score (nSPS) is 14.1. The molecule has 0 aromatic rings. The van der Waals surface area contributed by atoms with Crippen LogP contribution < -0.4 is 0 Å². The fourth-order valence-corrected chi connectivity index (χ4v) is 6.64. The molecule has 0 aliphatic rings. The molecule has 0 heterocycles. The van der Waals surface area contributed by atoms with Gasteiger partial charge in [-0.3, -0.25) is 14.1 Å². The SMILES string of the molecule is CCC(C)CCCCCCCCCCCCCCCCCCCCC(=O)O[C@H](COC(=O)CCC/C=C\C/C=C\C/C=C\C/C=C\C=C\[C@@H](O)CC)COP(=O)(O)O. The summed E-state index contributed by atoms with van der Waals surface area (Å²) in [7, 11) is -4.78. The highest BCUT2D eigenvalue weighted by molar-refractivity contribution is 7.46. The number of phosphoric acid groups is 1. The van der Waals surface area contributed by atoms with Crippen molar-refractivity contribution in [3.05, 3.63) is 60.8 Å². The maximum Gasteiger partial charge on any atom is 0.469 e. The predicted octanol–water partition coefficient (Wildman–Crippen LogP) is 13.3. The van der Waals surface area contributed by atoms with Gasteiger partial charge in [0.05, 0.1) is 12.7 Å². The summed E-state index contributed by atoms with van der Waals surface area (Å²) in [4.78, 5) is 42.9. The number of aliphatic hydroxyl groups excluding tert-OH is 1. The van der Waals surface area contributed by atoms with Gasteiger partial charge >= 0.3 is 19.8 Å². The molecule has 336 valence electrons. The number of phosphoric ester groups is 1. The van der Waals surface area contributed by atoms with Crippen molar-refractivity contribution in [1.29, 1.82) is 0 Å². The lowest BCUT2D eigenvalue weighted by atomic mass is 9.99. The molecule has 0 bridgehead atoms. The third-order valence-electron chi connectivity index (χ3n) is 10.2. The van der Waals surface area contributed by atoms with Crippen molar-refractivity contribution in [2.45, 2.75) is 213 Å². The molecule has 0 radical (unpaired) electrons. The van der Waals surface area contributed by atoms with Crippen LogP contribution in [0.1, 0.15) is 201 Å². The molecule has 1 unspecified atom stereocenters. The van der Waals surface area contributed by atoms with Gasteiger partial charge in [-0.05, 0) is 50.9 Å². The number of ether oxygens (including phenoxy) is 2. The quantitative estimate of drug-likeness (QED) is 0.0180. The van der Waals surface area contributed by atoms with Gasteiger partial charge in [0.25, 0.3) is 0 Å². The number of hydrogen-bond acceptors (Lipinski definition) is 7. The van der Waals surface area contributed by atoms with Gasteiger partial charge in [0.15, 0.2) is 6.10 Å². The monoisotopic (exact) mass is 837 g/mol. The number of aliphatic hydroxyl groups is 1. The van der Waals surface area contributed by atoms with E-state index in [1.807, 2.05) is 37.3 Å². The van der Waals surface area contributed by atoms with E-state index in [1.54, 1.807) is 6.08 Å². The van der Waals surface area contributed by atoms with E-state index in [9.17, 15) is 19.3 Å². The molecule has 0 amide bonds. The second-order valence-corrected chi connectivity index (χ2v) is 17.0. The van der Waals surface area contributed by atoms with Crippen molar-refractivity contribution >= 4 is 19.8 Å². The molecule has 0 aliphatic heterocycles. The van der Waals surface area contributed by atoms with E-state index in [0.29, 0.717) is 25.7 Å². The summed E-state index contributed by atoms with van der Waals surface area (Å²) >= 11 is 0. The molecule has 0 fully saturated rings. The summed E-state index contributed by atoms with van der Waals surface area (Å²) in [6.07, 6.45) is 49.0. The van der Waals surface area contributed by atoms with Crippen molar-refractivity contribution in [3.63, 3.8) is 0 Å². The summed E-state index contributed by atoms with van der Waals surface area (Å²) in [5, 5.41) is 9.46. The molecule has 3 atom stereocenters. The number of carbonyl (C=O) groups is 2. The van der Waals surface area contributed by atoms with Crippen molar-refractivity contribution in [1.82, 2.24) is 0 Å². The first-order chi connectivity index (χ1) is 28.1. The lowest BCUT2D eigenvalue weighted by molar-refractivity contribution is -0.161. The van der Waals surface area contributed by atoms with Gasteiger partial charge in [-0.2, -0.15) is 0 Å². The van der Waals surface area contributed by atoms with Crippen LogP contribution in [0.4, 0.5) is 0 Å². The van der Waals surface area contributed by atoms with Gasteiger partial charge in [0.1, 0.15) is 6.61 Å². The lowest BCUT2D eigenvalue weighted by Gasteiger charge is -2.18. The number of rotatable bonds is 41. The first-order valence-corrected chi connectivity index (χ1v) is 24.6. The van der Waals surface area contributed by atoms with E-state index in [2.05, 4.69) is 42.7 Å². The number of unbranched alkanes of at least 4 members (excludes halogenated alkanes) is 18. The van der Waals surface area contributed by atoms with Crippen LogP contribution >= 0.6 is 7.82 Å². The summed E-state index contributed by atoms with van der Waals surface area (Å²) in [5.74, 6) is -0.0744. The van der Waals surface area contributed by atoms with Crippen LogP contribution in [-0.4, -0.2) is 52.3 Å². The Bertz CT molecular complexity index is 1160. The van der Waals surface area contributed by atoms with Crippen LogP contribution in [-0.2, 0) is 28.2 Å². The third kappa shape index (κ3) is 43.3. The molecule has 0 aromatic heterocycles. The smallest absolute Gasteiger partial charge is 0.462 e. The minimum Gasteiger partial charge on any atom is -0.462 e. The second-order valence-electron chi connectivity index (χ2n) is 15.8. The summed E-state index contributed by atoms with van der Waals surface area (Å²) in [6.45, 7) is 5.71. The average molecular weight is 837 g/mol. The number of allylic oxidation sites excluding steroid dienone is 9. The molecule has 0 rings (SSSR count). The maximum absolute atomic E-state index is 12.4. The van der Waals surface area contributed by atoms with Crippen LogP contribution in [0.25, 0.3) is 0 Å². The second kappa shape index (κ2) is 41.4. The van der Waals surface area contributed by atoms with E-state index in [-0.39, 0.29) is 25.6 Å². The van der Waals surface area contributed by atoms with Crippen LogP contribution in [0.5, 0.6) is 0 Å². The molecule has 0 aliphatic carbocycles. The summed E-state index contributed by atoms with van der Waals surface area (Å²) in [6, 6.07) is 0. The van der Waals surface area contributed by atoms with E-state index in [0.717, 1.165) is 44.4 Å². The maximum atomic E-state index is 12.4. The molecular formula is C48H85O9P. The van der Waals surface area contributed by atoms with Crippen LogP contribution in [0.3, 0.4) is 0 Å². The molecule has 0 saturated heterocycles. The van der Waals surface area contributed by atoms with Crippen molar-refractivity contribution < 1.29 is 43.0 Å². The Balaban J connectivity index is 3.94. The Morgan fingerprint density at radius 2 is 1.03 bits per heavy atom. The Kier molecular flexibility index (Phi) is 39.8. The van der Waals surface area contributed by atoms with Gasteiger partial charge in [-0.1, -0.05) is 204 Å². The van der Waals surface area contributed by atoms with Gasteiger partial charge in [-0.25, -0.2) is 4.57 Å². The van der Waals surface area contributed by atoms with Crippen LogP contribution in [0.2, 0.25) is 0 Å². The first-order valence-electron chi connectivity index (χ1n) is 23.1. The summed E-state index contributed by atoms with van der Waals surface area (Å²) < 4.78 is 26.4. The Hall–Kier alpha value is -2.29.